The molecular weight excluding hydrogens is 965 g/mol. The van der Waals surface area contributed by atoms with Gasteiger partial charge < -0.3 is 109 Å². The molecule has 3 saturated carbocycles. The van der Waals surface area contributed by atoms with Crippen LogP contribution in [0.1, 0.15) is 99.3 Å². The van der Waals surface area contributed by atoms with Gasteiger partial charge in [-0.1, -0.05) is 39.3 Å². The summed E-state index contributed by atoms with van der Waals surface area (Å²) in [5, 5.41) is 139. The highest BCUT2D eigenvalue weighted by molar-refractivity contribution is 5.26. The molecule has 5 heterocycles. The zero-order chi connectivity index (χ0) is 52.8. The molecule has 73 heavy (non-hydrogen) atoms. The third-order valence-electron chi connectivity index (χ3n) is 19.5. The third-order valence-corrected chi connectivity index (χ3v) is 19.5. The van der Waals surface area contributed by atoms with E-state index >= 15 is 0 Å². The minimum atomic E-state index is -1.75. The molecule has 0 radical (unpaired) electrons. The molecular formula is C51H84O22. The molecule has 1 unspecified atom stereocenters. The molecule has 5 saturated heterocycles. The van der Waals surface area contributed by atoms with Crippen LogP contribution < -0.4 is 0 Å². The van der Waals surface area contributed by atoms with Crippen molar-refractivity contribution in [1.29, 1.82) is 0 Å². The maximum Gasteiger partial charge on any atom is 0.187 e. The van der Waals surface area contributed by atoms with Gasteiger partial charge in [0.25, 0.3) is 0 Å². The first-order valence-corrected chi connectivity index (χ1v) is 26.8. The molecule has 13 N–H and O–H groups in total. The average Bonchev–Trinajstić information content (AvgIpc) is 3.80. The fraction of sp³-hybridized carbons (Fsp3) is 0.961. The van der Waals surface area contributed by atoms with E-state index in [9.17, 15) is 66.4 Å². The first-order valence-electron chi connectivity index (χ1n) is 26.8. The van der Waals surface area contributed by atoms with Gasteiger partial charge in [-0.3, -0.25) is 0 Å². The van der Waals surface area contributed by atoms with Crippen molar-refractivity contribution in [3.63, 3.8) is 0 Å². The summed E-state index contributed by atoms with van der Waals surface area (Å²) in [5.74, 6) is -0.232. The molecule has 22 nitrogen and oxygen atoms in total. The van der Waals surface area contributed by atoms with Crippen LogP contribution in [0.2, 0.25) is 0 Å². The second-order valence-corrected chi connectivity index (χ2v) is 23.8. The van der Waals surface area contributed by atoms with Crippen molar-refractivity contribution in [2.75, 3.05) is 19.8 Å². The predicted molar refractivity (Wildman–Crippen MR) is 249 cm³/mol. The Kier molecular flexibility index (Phi) is 16.9. The van der Waals surface area contributed by atoms with Crippen molar-refractivity contribution in [2.24, 2.45) is 46.3 Å². The molecule has 0 aromatic rings. The Morgan fingerprint density at radius 2 is 1.23 bits per heavy atom. The molecule has 0 bridgehead atoms. The van der Waals surface area contributed by atoms with E-state index in [4.69, 9.17) is 42.6 Å². The molecule has 5 aliphatic heterocycles. The van der Waals surface area contributed by atoms with Gasteiger partial charge in [0.15, 0.2) is 30.9 Å². The molecule has 4 aliphatic carbocycles. The molecule has 8 fully saturated rings. The lowest BCUT2D eigenvalue weighted by Crippen LogP contribution is -2.66. The Morgan fingerprint density at radius 3 is 1.86 bits per heavy atom. The quantitative estimate of drug-likeness (QED) is 0.0839. The topological polar surface area (TPSA) is 346 Å². The minimum Gasteiger partial charge on any atom is -0.394 e. The normalized spacial score (nSPS) is 55.5. The monoisotopic (exact) mass is 1050 g/mol. The number of aliphatic hydroxyl groups is 13. The highest BCUT2D eigenvalue weighted by Crippen LogP contribution is 2.70. The van der Waals surface area contributed by atoms with Crippen LogP contribution in [-0.2, 0) is 42.6 Å². The highest BCUT2D eigenvalue weighted by Gasteiger charge is 2.68. The van der Waals surface area contributed by atoms with E-state index in [1.54, 1.807) is 0 Å². The van der Waals surface area contributed by atoms with E-state index < -0.39 is 148 Å². The third kappa shape index (κ3) is 10.2. The van der Waals surface area contributed by atoms with Crippen LogP contribution in [0.5, 0.6) is 0 Å². The number of allylic oxidation sites excluding steroid dienone is 1. The van der Waals surface area contributed by atoms with Crippen LogP contribution in [0.4, 0.5) is 0 Å². The second kappa shape index (κ2) is 21.8. The number of hydrogen-bond donors (Lipinski definition) is 13. The van der Waals surface area contributed by atoms with Crippen LogP contribution in [0, 0.1) is 46.3 Å². The Labute approximate surface area is 426 Å². The molecule has 9 rings (SSSR count). The van der Waals surface area contributed by atoms with Crippen LogP contribution in [0.25, 0.3) is 0 Å². The number of aliphatic hydroxyl groups excluding tert-OH is 12. The SMILES string of the molecule is C[C@@H](CCC1(O)O[C@H]2C[C@H]3[C@@H]4CC=C5C[C@@H](O[C@@H]6O[C@H](CO)[C@@H](O[C@@H]7O[C@@H](C)[C@H](O)[C@@H](O)[C@H]7O)[C@H](O)[C@H]6O[C@@H]6O[C@@H](C)[C@H](O)[C@@H](O)[C@H]6O)CC[C@]5(C)[C@H]4CC[C@]3(C)[C@H]2[C@@H]1C)CO[C@@H]1O[C@H](CO)[C@@H](O)[C@H](O)[C@H]1O. The van der Waals surface area contributed by atoms with Crippen molar-refractivity contribution in [3.8, 4) is 0 Å². The lowest BCUT2D eigenvalue weighted by Gasteiger charge is -2.58. The number of rotatable bonds is 14. The van der Waals surface area contributed by atoms with Crippen molar-refractivity contribution >= 4 is 0 Å². The van der Waals surface area contributed by atoms with Gasteiger partial charge in [-0.2, -0.15) is 0 Å². The zero-order valence-corrected chi connectivity index (χ0v) is 42.7. The number of hydrogen-bond acceptors (Lipinski definition) is 22. The van der Waals surface area contributed by atoms with E-state index in [1.165, 1.54) is 19.4 Å². The summed E-state index contributed by atoms with van der Waals surface area (Å²) in [5.41, 5.74) is 1.07. The predicted octanol–water partition coefficient (Wildman–Crippen LogP) is -1.98. The van der Waals surface area contributed by atoms with Gasteiger partial charge in [-0.15, -0.1) is 0 Å². The lowest BCUT2D eigenvalue weighted by atomic mass is 9.47. The Hall–Kier alpha value is -1.14. The minimum absolute atomic E-state index is 0.0589. The molecule has 0 aromatic heterocycles. The number of fused-ring (bicyclic) bond motifs is 7. The van der Waals surface area contributed by atoms with E-state index in [0.717, 1.165) is 32.1 Å². The Balaban J connectivity index is 0.846. The number of ether oxygens (including phenoxy) is 9. The first-order chi connectivity index (χ1) is 34.5. The summed E-state index contributed by atoms with van der Waals surface area (Å²) in [4.78, 5) is 0. The Morgan fingerprint density at radius 1 is 0.644 bits per heavy atom. The van der Waals surface area contributed by atoms with E-state index in [0.29, 0.717) is 43.4 Å². The maximum atomic E-state index is 12.1. The highest BCUT2D eigenvalue weighted by atomic mass is 16.8. The molecule has 420 valence electrons. The fourth-order valence-corrected chi connectivity index (χ4v) is 14.9. The maximum absolute atomic E-state index is 12.1. The lowest BCUT2D eigenvalue weighted by molar-refractivity contribution is -0.388. The average molecular weight is 1050 g/mol. The molecule has 0 spiro atoms. The summed E-state index contributed by atoms with van der Waals surface area (Å²) < 4.78 is 54.6. The summed E-state index contributed by atoms with van der Waals surface area (Å²) in [6.07, 6.45) is -20.5. The molecule has 9 aliphatic rings. The van der Waals surface area contributed by atoms with Gasteiger partial charge >= 0.3 is 0 Å². The second-order valence-electron chi connectivity index (χ2n) is 23.8. The standard InChI is InChI=1S/C51H84O22/c1-20(19-65-45-39(60)38(59)35(56)30(17-52)69-45)9-14-51(64)21(2)32-29(73-51)16-28-26-8-7-24-15-25(10-12-49(24,5)27(26)11-13-50(28,32)6)68-48-44(72-47-41(62)37(58)34(55)23(4)67-47)42(63)43(31(18-53)70-48)71-46-40(61)36(57)33(54)22(3)66-46/h7,20-23,25-48,52-64H,8-19H2,1-6H3/t20-,21-,22-,23-,25-,26+,27-,28-,29-,30+,31+,32-,33-,34-,35+,36+,37+,38-,39+,40+,41+,42-,43+,44+,45+,46-,47-,48+,49-,50-,51?/m0/s1. The summed E-state index contributed by atoms with van der Waals surface area (Å²) in [6.45, 7) is 10.7. The zero-order valence-electron chi connectivity index (χ0n) is 42.7. The van der Waals surface area contributed by atoms with Gasteiger partial charge in [0.1, 0.15) is 85.5 Å². The Bertz CT molecular complexity index is 1900. The van der Waals surface area contributed by atoms with Gasteiger partial charge in [0, 0.05) is 12.3 Å². The summed E-state index contributed by atoms with van der Waals surface area (Å²) in [6, 6.07) is 0. The largest absolute Gasteiger partial charge is 0.394 e. The van der Waals surface area contributed by atoms with Gasteiger partial charge in [-0.05, 0) is 106 Å². The smallest absolute Gasteiger partial charge is 0.187 e. The van der Waals surface area contributed by atoms with Crippen molar-refractivity contribution in [1.82, 2.24) is 0 Å². The fourth-order valence-electron chi connectivity index (χ4n) is 14.9. The van der Waals surface area contributed by atoms with Crippen LogP contribution >= 0.6 is 0 Å². The van der Waals surface area contributed by atoms with Gasteiger partial charge in [0.2, 0.25) is 0 Å². The van der Waals surface area contributed by atoms with E-state index in [-0.39, 0.29) is 41.3 Å². The first kappa shape index (κ1) is 56.6. The van der Waals surface area contributed by atoms with E-state index in [1.807, 2.05) is 6.92 Å². The van der Waals surface area contributed by atoms with Crippen molar-refractivity contribution in [2.45, 2.75) is 240 Å². The summed E-state index contributed by atoms with van der Waals surface area (Å²) >= 11 is 0. The molecule has 31 atom stereocenters. The van der Waals surface area contributed by atoms with Gasteiger partial charge in [-0.25, -0.2) is 0 Å². The summed E-state index contributed by atoms with van der Waals surface area (Å²) in [7, 11) is 0. The van der Waals surface area contributed by atoms with Crippen LogP contribution in [-0.4, -0.2) is 227 Å². The van der Waals surface area contributed by atoms with Crippen LogP contribution in [0.15, 0.2) is 11.6 Å². The van der Waals surface area contributed by atoms with Gasteiger partial charge in [0.05, 0.1) is 44.2 Å². The van der Waals surface area contributed by atoms with E-state index in [2.05, 4.69) is 26.8 Å². The molecule has 0 aromatic carbocycles. The molecule has 0 amide bonds. The van der Waals surface area contributed by atoms with Crippen molar-refractivity contribution < 1.29 is 109 Å². The van der Waals surface area contributed by atoms with Crippen LogP contribution in [0.3, 0.4) is 0 Å². The molecule has 22 heteroatoms. The van der Waals surface area contributed by atoms with Crippen molar-refractivity contribution in [3.05, 3.63) is 11.6 Å².